The van der Waals surface area contributed by atoms with Crippen molar-refractivity contribution in [2.75, 3.05) is 19.6 Å². The van der Waals surface area contributed by atoms with Crippen molar-refractivity contribution in [2.24, 2.45) is 10.9 Å². The molecule has 2 aromatic carbocycles. The van der Waals surface area contributed by atoms with Gasteiger partial charge in [-0.3, -0.25) is 14.8 Å². The molecule has 1 aromatic heterocycles. The van der Waals surface area contributed by atoms with Gasteiger partial charge in [0, 0.05) is 42.2 Å². The van der Waals surface area contributed by atoms with Gasteiger partial charge in [0.15, 0.2) is 5.17 Å². The lowest BCUT2D eigenvalue weighted by molar-refractivity contribution is 0.0976. The zero-order valence-electron chi connectivity index (χ0n) is 21.1. The Morgan fingerprint density at radius 3 is 2.49 bits per heavy atom. The molecule has 7 nitrogen and oxygen atoms in total. The Bertz CT molecular complexity index is 1310. The number of ether oxygens (including phenoxy) is 1. The predicted molar refractivity (Wildman–Crippen MR) is 152 cm³/mol. The van der Waals surface area contributed by atoms with Crippen molar-refractivity contribution in [2.45, 2.75) is 31.0 Å². The molecule has 0 spiro atoms. The minimum atomic E-state index is -1.61. The molecule has 192 valence electrons. The Kier molecular flexibility index (Phi) is 7.24. The van der Waals surface area contributed by atoms with Gasteiger partial charge in [-0.15, -0.1) is 11.3 Å². The summed E-state index contributed by atoms with van der Waals surface area (Å²) in [6, 6.07) is 18.8. The number of thioether (sulfide) groups is 1. The molecule has 1 saturated heterocycles. The molecule has 2 amide bonds. The summed E-state index contributed by atoms with van der Waals surface area (Å²) in [4.78, 5) is 38.4. The number of rotatable bonds is 5. The van der Waals surface area contributed by atoms with Crippen LogP contribution in [0, 0.1) is 5.92 Å². The molecule has 1 N–H and O–H groups in total. The van der Waals surface area contributed by atoms with Gasteiger partial charge in [-0.1, -0.05) is 79.9 Å². The van der Waals surface area contributed by atoms with Crippen LogP contribution in [0.25, 0.3) is 0 Å². The van der Waals surface area contributed by atoms with E-state index in [4.69, 9.17) is 14.7 Å². The molecule has 37 heavy (non-hydrogen) atoms. The SMILES string of the molecule is C[Si](C)(C)c1ncc(C23CN(C(=O)OCc4ccccc4)CC2CN=C(NC(=O)c2ccccc2)S3)s1. The van der Waals surface area contributed by atoms with Crippen molar-refractivity contribution >= 4 is 53.0 Å². The largest absolute Gasteiger partial charge is 0.445 e. The van der Waals surface area contributed by atoms with Gasteiger partial charge >= 0.3 is 6.09 Å². The van der Waals surface area contributed by atoms with E-state index >= 15 is 0 Å². The topological polar surface area (TPSA) is 83.9 Å². The fourth-order valence-corrected chi connectivity index (χ4v) is 8.93. The molecule has 3 aromatic rings. The van der Waals surface area contributed by atoms with Crippen LogP contribution in [-0.4, -0.2) is 54.8 Å². The highest BCUT2D eigenvalue weighted by Gasteiger charge is 2.54. The summed E-state index contributed by atoms with van der Waals surface area (Å²) in [6.07, 6.45) is 1.64. The average molecular weight is 551 g/mol. The van der Waals surface area contributed by atoms with Crippen LogP contribution in [-0.2, 0) is 16.1 Å². The van der Waals surface area contributed by atoms with Crippen LogP contribution in [0.2, 0.25) is 19.6 Å². The summed E-state index contributed by atoms with van der Waals surface area (Å²) in [5.74, 6) is -0.0984. The molecule has 0 radical (unpaired) electrons. The van der Waals surface area contributed by atoms with Gasteiger partial charge in [0.25, 0.3) is 5.91 Å². The highest BCUT2D eigenvalue weighted by molar-refractivity contribution is 8.14. The van der Waals surface area contributed by atoms with Gasteiger partial charge in [0.05, 0.1) is 9.38 Å². The van der Waals surface area contributed by atoms with Gasteiger partial charge in [-0.05, 0) is 17.7 Å². The van der Waals surface area contributed by atoms with E-state index in [0.29, 0.717) is 30.4 Å². The van der Waals surface area contributed by atoms with Gasteiger partial charge in [-0.25, -0.2) is 4.79 Å². The number of amidine groups is 1. The Balaban J connectivity index is 1.38. The number of likely N-dealkylation sites (tertiary alicyclic amines) is 1. The van der Waals surface area contributed by atoms with E-state index < -0.39 is 12.8 Å². The van der Waals surface area contributed by atoms with E-state index in [1.165, 1.54) is 16.4 Å². The molecular weight excluding hydrogens is 521 g/mol. The number of benzene rings is 2. The van der Waals surface area contributed by atoms with Crippen LogP contribution >= 0.6 is 23.1 Å². The average Bonchev–Trinajstić information content (AvgIpc) is 3.55. The van der Waals surface area contributed by atoms with E-state index in [0.717, 1.165) is 10.4 Å². The van der Waals surface area contributed by atoms with E-state index in [2.05, 4.69) is 25.0 Å². The first-order valence-corrected chi connectivity index (χ1v) is 17.4. The second kappa shape index (κ2) is 10.4. The van der Waals surface area contributed by atoms with Gasteiger partial charge in [0.2, 0.25) is 0 Å². The molecule has 2 aliphatic heterocycles. The van der Waals surface area contributed by atoms with Crippen LogP contribution in [0.15, 0.2) is 71.9 Å². The first-order chi connectivity index (χ1) is 17.7. The molecule has 0 bridgehead atoms. The molecule has 0 aliphatic carbocycles. The Morgan fingerprint density at radius 2 is 1.81 bits per heavy atom. The summed E-state index contributed by atoms with van der Waals surface area (Å²) < 4.78 is 6.41. The lowest BCUT2D eigenvalue weighted by Crippen LogP contribution is -2.42. The number of carbonyl (C=O) groups is 2. The summed E-state index contributed by atoms with van der Waals surface area (Å²) in [6.45, 7) is 8.62. The van der Waals surface area contributed by atoms with Gasteiger partial charge in [-0.2, -0.15) is 0 Å². The number of nitrogens with one attached hydrogen (secondary N) is 1. The number of carbonyl (C=O) groups excluding carboxylic acids is 2. The lowest BCUT2D eigenvalue weighted by atomic mass is 9.93. The maximum atomic E-state index is 13.1. The molecule has 2 atom stereocenters. The number of hydrogen-bond donors (Lipinski definition) is 1. The van der Waals surface area contributed by atoms with Gasteiger partial charge < -0.3 is 15.0 Å². The summed E-state index contributed by atoms with van der Waals surface area (Å²) >= 11 is 3.28. The van der Waals surface area contributed by atoms with Crippen LogP contribution in [0.1, 0.15) is 20.8 Å². The summed E-state index contributed by atoms with van der Waals surface area (Å²) in [5, 5.41) is 3.58. The van der Waals surface area contributed by atoms with Crippen molar-refractivity contribution in [3.63, 3.8) is 0 Å². The standard InChI is InChI=1S/C27H30N4O3S2Si/c1-37(2,3)25-29-15-22(35-25)27-18-31(26(33)34-17-19-10-6-4-7-11-19)16-21(27)14-28-24(36-27)30-23(32)20-12-8-5-9-13-20/h4-13,15,21H,14,16-18H2,1-3H3,(H,28,30,32). The minimum Gasteiger partial charge on any atom is -0.445 e. The molecule has 10 heteroatoms. The quantitative estimate of drug-likeness (QED) is 0.466. The minimum absolute atomic E-state index is 0.0917. The smallest absolute Gasteiger partial charge is 0.410 e. The van der Waals surface area contributed by atoms with Crippen molar-refractivity contribution in [3.05, 3.63) is 82.9 Å². The van der Waals surface area contributed by atoms with Crippen molar-refractivity contribution in [1.29, 1.82) is 0 Å². The fraction of sp³-hybridized carbons (Fsp3) is 0.333. The molecule has 2 aliphatic rings. The van der Waals surface area contributed by atoms with Crippen molar-refractivity contribution in [3.8, 4) is 0 Å². The predicted octanol–water partition coefficient (Wildman–Crippen LogP) is 4.69. The molecule has 2 unspecified atom stereocenters. The maximum absolute atomic E-state index is 13.1. The lowest BCUT2D eigenvalue weighted by Gasteiger charge is -2.35. The Labute approximate surface area is 226 Å². The first kappa shape index (κ1) is 25.7. The molecule has 5 rings (SSSR count). The zero-order valence-corrected chi connectivity index (χ0v) is 23.8. The highest BCUT2D eigenvalue weighted by Crippen LogP contribution is 2.52. The van der Waals surface area contributed by atoms with E-state index in [9.17, 15) is 9.59 Å². The third-order valence-electron chi connectivity index (χ3n) is 6.54. The molecule has 3 heterocycles. The molecule has 0 saturated carbocycles. The van der Waals surface area contributed by atoms with E-state index in [-0.39, 0.29) is 24.5 Å². The number of nitrogens with zero attached hydrogens (tertiary/aromatic N) is 3. The second-order valence-corrected chi connectivity index (χ2v) is 18.0. The number of thiazole rings is 1. The third-order valence-corrected chi connectivity index (χ3v) is 12.7. The normalized spacial score (nSPS) is 21.2. The maximum Gasteiger partial charge on any atom is 0.410 e. The number of fused-ring (bicyclic) bond motifs is 1. The first-order valence-electron chi connectivity index (χ1n) is 12.3. The van der Waals surface area contributed by atoms with Crippen LogP contribution in [0.4, 0.5) is 4.79 Å². The van der Waals surface area contributed by atoms with Crippen molar-refractivity contribution < 1.29 is 14.3 Å². The Hall–Kier alpha value is -2.95. The third kappa shape index (κ3) is 5.51. The van der Waals surface area contributed by atoms with Gasteiger partial charge in [0.1, 0.15) is 14.7 Å². The van der Waals surface area contributed by atoms with Crippen LogP contribution < -0.4 is 9.95 Å². The summed E-state index contributed by atoms with van der Waals surface area (Å²) in [5.41, 5.74) is 1.53. The molecular formula is C27H30N4O3S2Si. The van der Waals surface area contributed by atoms with E-state index in [1.54, 1.807) is 28.4 Å². The second-order valence-electron chi connectivity index (χ2n) is 10.4. The number of hydrogen-bond acceptors (Lipinski definition) is 7. The van der Waals surface area contributed by atoms with Crippen molar-refractivity contribution in [1.82, 2.24) is 15.2 Å². The highest BCUT2D eigenvalue weighted by atomic mass is 32.2. The number of aliphatic imine (C=N–C) groups is 1. The number of aromatic nitrogens is 1. The Morgan fingerprint density at radius 1 is 1.11 bits per heavy atom. The molecule has 1 fully saturated rings. The van der Waals surface area contributed by atoms with Crippen LogP contribution in [0.3, 0.4) is 0 Å². The van der Waals surface area contributed by atoms with E-state index in [1.807, 2.05) is 54.7 Å². The fourth-order valence-electron chi connectivity index (χ4n) is 4.53. The summed E-state index contributed by atoms with van der Waals surface area (Å²) in [7, 11) is -1.61. The zero-order chi connectivity index (χ0) is 26.0. The number of amides is 2. The van der Waals surface area contributed by atoms with Crippen LogP contribution in [0.5, 0.6) is 0 Å². The monoisotopic (exact) mass is 550 g/mol.